The number of hydrogen-bond acceptors (Lipinski definition) is 3. The molecule has 0 saturated heterocycles. The van der Waals surface area contributed by atoms with Crippen LogP contribution in [0.2, 0.25) is 5.02 Å². The van der Waals surface area contributed by atoms with E-state index in [4.69, 9.17) is 16.7 Å². The van der Waals surface area contributed by atoms with E-state index in [-0.39, 0.29) is 29.7 Å². The van der Waals surface area contributed by atoms with Gasteiger partial charge in [0.1, 0.15) is 5.82 Å². The summed E-state index contributed by atoms with van der Waals surface area (Å²) in [7, 11) is 0. The summed E-state index contributed by atoms with van der Waals surface area (Å²) >= 11 is 6.03. The molecule has 0 aliphatic carbocycles. The van der Waals surface area contributed by atoms with Gasteiger partial charge in [-0.15, -0.1) is 0 Å². The van der Waals surface area contributed by atoms with Crippen LogP contribution in [0.15, 0.2) is 30.3 Å². The summed E-state index contributed by atoms with van der Waals surface area (Å²) < 4.78 is 1.71. The number of hydrogen-bond donors (Lipinski definition) is 1. The van der Waals surface area contributed by atoms with E-state index >= 15 is 0 Å². The molecule has 6 nitrogen and oxygen atoms in total. The highest BCUT2D eigenvalue weighted by atomic mass is 35.5. The van der Waals surface area contributed by atoms with Crippen LogP contribution >= 0.6 is 11.6 Å². The Hall–Kier alpha value is -2.34. The van der Waals surface area contributed by atoms with Gasteiger partial charge in [0.05, 0.1) is 17.9 Å². The fourth-order valence-corrected chi connectivity index (χ4v) is 3.22. The summed E-state index contributed by atoms with van der Waals surface area (Å²) in [5.41, 5.74) is 1.47. The Bertz CT molecular complexity index is 882. The molecule has 1 aromatic heterocycles. The van der Waals surface area contributed by atoms with E-state index in [9.17, 15) is 9.59 Å². The van der Waals surface area contributed by atoms with Crippen LogP contribution in [0, 0.1) is 5.92 Å². The molecule has 2 aromatic rings. The molecule has 0 aliphatic rings. The highest BCUT2D eigenvalue weighted by Gasteiger charge is 2.23. The number of halogens is 1. The number of carbonyl (C=O) groups excluding carboxylic acids is 2. The third-order valence-electron chi connectivity index (χ3n) is 4.87. The van der Waals surface area contributed by atoms with E-state index in [1.807, 2.05) is 32.0 Å². The summed E-state index contributed by atoms with van der Waals surface area (Å²) in [6.45, 7) is 12.9. The molecule has 1 N–H and O–H groups in total. The Labute approximate surface area is 191 Å². The molecule has 0 bridgehead atoms. The van der Waals surface area contributed by atoms with Crippen molar-refractivity contribution < 1.29 is 9.59 Å². The molecule has 7 heteroatoms. The summed E-state index contributed by atoms with van der Waals surface area (Å²) in [4.78, 5) is 27.2. The highest BCUT2D eigenvalue weighted by Crippen LogP contribution is 2.27. The summed E-state index contributed by atoms with van der Waals surface area (Å²) in [6.07, 6.45) is 2.27. The number of anilines is 1. The second kappa shape index (κ2) is 10.8. The lowest BCUT2D eigenvalue weighted by molar-refractivity contribution is -0.135. The first kappa shape index (κ1) is 24.9. The maximum absolute atomic E-state index is 12.9. The monoisotopic (exact) mass is 446 g/mol. The van der Waals surface area contributed by atoms with Gasteiger partial charge in [-0.2, -0.15) is 5.10 Å². The van der Waals surface area contributed by atoms with E-state index in [2.05, 4.69) is 33.0 Å². The van der Waals surface area contributed by atoms with Crippen LogP contribution in [0.3, 0.4) is 0 Å². The number of nitrogens with one attached hydrogen (secondary N) is 1. The summed E-state index contributed by atoms with van der Waals surface area (Å²) in [5, 5.41) is 8.31. The Morgan fingerprint density at radius 1 is 1.19 bits per heavy atom. The molecule has 2 rings (SSSR count). The van der Waals surface area contributed by atoms with Gasteiger partial charge in [-0.05, 0) is 36.6 Å². The predicted molar refractivity (Wildman–Crippen MR) is 127 cm³/mol. The third kappa shape index (κ3) is 7.39. The Kier molecular flexibility index (Phi) is 8.69. The van der Waals surface area contributed by atoms with Crippen molar-refractivity contribution in [1.29, 1.82) is 0 Å². The average Bonchev–Trinajstić information content (AvgIpc) is 3.09. The maximum atomic E-state index is 12.9. The zero-order chi connectivity index (χ0) is 23.2. The van der Waals surface area contributed by atoms with Crippen molar-refractivity contribution >= 4 is 29.2 Å². The predicted octanol–water partition coefficient (Wildman–Crippen LogP) is 5.44. The van der Waals surface area contributed by atoms with Crippen molar-refractivity contribution in [2.24, 2.45) is 5.92 Å². The quantitative estimate of drug-likeness (QED) is 0.557. The van der Waals surface area contributed by atoms with Crippen molar-refractivity contribution in [1.82, 2.24) is 14.7 Å². The summed E-state index contributed by atoms with van der Waals surface area (Å²) in [5.74, 6) is 0.605. The zero-order valence-electron chi connectivity index (χ0n) is 19.5. The maximum Gasteiger partial charge on any atom is 0.245 e. The number of aromatic nitrogens is 2. The second-order valence-corrected chi connectivity index (χ2v) is 9.80. The minimum atomic E-state index is -0.233. The zero-order valence-corrected chi connectivity index (χ0v) is 20.3. The van der Waals surface area contributed by atoms with Gasteiger partial charge in [-0.3, -0.25) is 9.59 Å². The smallest absolute Gasteiger partial charge is 0.245 e. The van der Waals surface area contributed by atoms with Gasteiger partial charge in [0, 0.05) is 29.5 Å². The molecule has 31 heavy (non-hydrogen) atoms. The second-order valence-electron chi connectivity index (χ2n) is 9.37. The molecule has 0 atom stereocenters. The number of amides is 2. The molecule has 1 aromatic carbocycles. The number of carbonyl (C=O) groups is 2. The fraction of sp³-hybridized carbons (Fsp3) is 0.542. The molecule has 0 fully saturated rings. The molecule has 2 amide bonds. The molecule has 0 saturated carbocycles. The lowest BCUT2D eigenvalue weighted by Crippen LogP contribution is -2.39. The molecule has 170 valence electrons. The number of rotatable bonds is 9. The molecule has 0 aliphatic heterocycles. The van der Waals surface area contributed by atoms with Crippen LogP contribution in [0.5, 0.6) is 0 Å². The Balaban J connectivity index is 2.26. The van der Waals surface area contributed by atoms with Crippen molar-refractivity contribution in [2.45, 2.75) is 66.2 Å². The minimum Gasteiger partial charge on any atom is -0.333 e. The topological polar surface area (TPSA) is 67.2 Å². The van der Waals surface area contributed by atoms with E-state index in [1.54, 1.807) is 21.7 Å². The SMILES string of the molecule is CCCCN(CC(=O)Nc1cc(C(C)(C)C)nn1-c1ccc(Cl)cc1)C(=O)CC(C)C. The van der Waals surface area contributed by atoms with Gasteiger partial charge in [-0.1, -0.05) is 59.6 Å². The van der Waals surface area contributed by atoms with Crippen LogP contribution in [0.1, 0.15) is 66.5 Å². The molecular weight excluding hydrogens is 412 g/mol. The van der Waals surface area contributed by atoms with Gasteiger partial charge in [0.25, 0.3) is 0 Å². The van der Waals surface area contributed by atoms with Gasteiger partial charge in [0.15, 0.2) is 0 Å². The fourth-order valence-electron chi connectivity index (χ4n) is 3.09. The largest absolute Gasteiger partial charge is 0.333 e. The molecular formula is C24H35ClN4O2. The van der Waals surface area contributed by atoms with Crippen molar-refractivity contribution in [3.8, 4) is 5.69 Å². The van der Waals surface area contributed by atoms with Gasteiger partial charge in [-0.25, -0.2) is 4.68 Å². The van der Waals surface area contributed by atoms with Crippen LogP contribution in [-0.4, -0.2) is 39.6 Å². The van der Waals surface area contributed by atoms with Gasteiger partial charge >= 0.3 is 0 Å². The van der Waals surface area contributed by atoms with Gasteiger partial charge < -0.3 is 10.2 Å². The lowest BCUT2D eigenvalue weighted by Gasteiger charge is -2.23. The normalized spacial score (nSPS) is 11.6. The van der Waals surface area contributed by atoms with Crippen molar-refractivity contribution in [3.63, 3.8) is 0 Å². The average molecular weight is 447 g/mol. The molecule has 1 heterocycles. The van der Waals surface area contributed by atoms with Gasteiger partial charge in [0.2, 0.25) is 11.8 Å². The van der Waals surface area contributed by atoms with Crippen LogP contribution < -0.4 is 5.32 Å². The highest BCUT2D eigenvalue weighted by molar-refractivity contribution is 6.30. The van der Waals surface area contributed by atoms with Crippen LogP contribution in [0.25, 0.3) is 5.69 Å². The Morgan fingerprint density at radius 2 is 1.84 bits per heavy atom. The van der Waals surface area contributed by atoms with Crippen LogP contribution in [0.4, 0.5) is 5.82 Å². The Morgan fingerprint density at radius 3 is 2.39 bits per heavy atom. The van der Waals surface area contributed by atoms with Crippen LogP contribution in [-0.2, 0) is 15.0 Å². The van der Waals surface area contributed by atoms with Crippen molar-refractivity contribution in [2.75, 3.05) is 18.4 Å². The number of nitrogens with zero attached hydrogens (tertiary/aromatic N) is 3. The lowest BCUT2D eigenvalue weighted by atomic mass is 9.92. The van der Waals surface area contributed by atoms with E-state index in [1.165, 1.54) is 0 Å². The third-order valence-corrected chi connectivity index (χ3v) is 5.12. The summed E-state index contributed by atoms with van der Waals surface area (Å²) in [6, 6.07) is 9.18. The first-order valence-corrected chi connectivity index (χ1v) is 11.3. The molecule has 0 radical (unpaired) electrons. The molecule has 0 unspecified atom stereocenters. The number of benzene rings is 1. The van der Waals surface area contributed by atoms with E-state index in [0.29, 0.717) is 23.8 Å². The minimum absolute atomic E-state index is 0.0141. The van der Waals surface area contributed by atoms with E-state index < -0.39 is 0 Å². The first-order valence-electron chi connectivity index (χ1n) is 10.9. The molecule has 0 spiro atoms. The van der Waals surface area contributed by atoms with Crippen molar-refractivity contribution in [3.05, 3.63) is 41.0 Å². The first-order chi connectivity index (χ1) is 14.5. The number of unbranched alkanes of at least 4 members (excludes halogenated alkanes) is 1. The standard InChI is InChI=1S/C24H35ClN4O2/c1-7-8-13-28(23(31)14-17(2)3)16-22(30)26-21-15-20(24(4,5)6)27-29(21)19-11-9-18(25)10-12-19/h9-12,15,17H,7-8,13-14,16H2,1-6H3,(H,26,30). The van der Waals surface area contributed by atoms with E-state index in [0.717, 1.165) is 24.2 Å².